The smallest absolute Gasteiger partial charge is 0.198 e. The van der Waals surface area contributed by atoms with Crippen LogP contribution in [0.15, 0.2) is 128 Å². The third kappa shape index (κ3) is 22.1. The average Bonchev–Trinajstić information content (AvgIpc) is 2.94. The fourth-order valence-electron chi connectivity index (χ4n) is 3.10. The predicted molar refractivity (Wildman–Crippen MR) is 174 cm³/mol. The van der Waals surface area contributed by atoms with Crippen molar-refractivity contribution < 1.29 is 101 Å². The molecule has 0 saturated carbocycles. The molecule has 0 aliphatic heterocycles. The first-order chi connectivity index (χ1) is 25.0. The molecule has 0 aliphatic carbocycles. The van der Waals surface area contributed by atoms with Crippen LogP contribution < -0.4 is 0 Å². The lowest BCUT2D eigenvalue weighted by Gasteiger charge is -2.29. The van der Waals surface area contributed by atoms with Crippen LogP contribution >= 0.6 is 36.2 Å². The van der Waals surface area contributed by atoms with Crippen molar-refractivity contribution in [1.82, 2.24) is 0 Å². The lowest BCUT2D eigenvalue weighted by molar-refractivity contribution is -0.319. The summed E-state index contributed by atoms with van der Waals surface area (Å²) in [5, 5.41) is -7.36. The van der Waals surface area contributed by atoms with Gasteiger partial charge in [0.1, 0.15) is 0 Å². The van der Waals surface area contributed by atoms with Gasteiger partial charge in [0, 0.05) is 14.7 Å². The summed E-state index contributed by atoms with van der Waals surface area (Å²) in [4.78, 5) is 0.578. The summed E-state index contributed by atoms with van der Waals surface area (Å²) in [6.07, 6.45) is -39.7. The van der Waals surface area contributed by atoms with Gasteiger partial charge in [-0.15, -0.1) is 12.6 Å². The molecule has 0 bridgehead atoms. The first-order valence-electron chi connectivity index (χ1n) is 13.5. The summed E-state index contributed by atoms with van der Waals surface area (Å²) in [5.74, 6) is -4.71. The van der Waals surface area contributed by atoms with Gasteiger partial charge in [-0.05, 0) is 36.4 Å². The highest BCUT2D eigenvalue weighted by Gasteiger charge is 2.69. The van der Waals surface area contributed by atoms with Crippen molar-refractivity contribution in [2.24, 2.45) is 5.92 Å². The Balaban J connectivity index is -0.000000722. The lowest BCUT2D eigenvalue weighted by atomic mass is 10.1. The molecule has 0 radical (unpaired) electrons. The van der Waals surface area contributed by atoms with Gasteiger partial charge in [0.15, 0.2) is 10.7 Å². The largest absolute Gasteiger partial charge is 0.426 e. The molecule has 0 nitrogen and oxygen atoms in total. The predicted octanol–water partition coefficient (Wildman–Crippen LogP) is 16.7. The Bertz CT molecular complexity index is 1600. The fourth-order valence-corrected chi connectivity index (χ4v) is 5.10. The minimum absolute atomic E-state index is 0. The molecule has 58 heavy (non-hydrogen) atoms. The minimum atomic E-state index is -6.08. The molecule has 0 atom stereocenters. The highest BCUT2D eigenvalue weighted by atomic mass is 32.2. The number of benzene rings is 3. The standard InChI is InChI=1S/C10H6F8S.C10H5F7S.C6H6S.C4F8.2CH4/c11-8(12,13)7(9(14,15)16)10(17,18)19-6-4-2-1-3-5-6;11-8(18-6-4-2-1-3-5-6)7(9(12,13)14)10(15,16)17;7-6-4-2-1-3-5-6;5-2(6)1(3(7,8)9)4(10,11)12;;/h1-5,7H;1-5H;1-5,7H;;2*1H4. The molecular weight excluding hydrogens is 918 g/mol. The summed E-state index contributed by atoms with van der Waals surface area (Å²) in [6.45, 7) is 0. The molecule has 3 aromatic carbocycles. The molecular formula is C32H25F23S3. The average molecular weight is 943 g/mol. The minimum Gasteiger partial charge on any atom is -0.198 e. The zero-order valence-corrected chi connectivity index (χ0v) is 28.7. The molecule has 3 aromatic rings. The number of rotatable bonds is 5. The van der Waals surface area contributed by atoms with Gasteiger partial charge in [0.25, 0.3) is 6.08 Å². The summed E-state index contributed by atoms with van der Waals surface area (Å²) in [5.41, 5.74) is -6.88. The van der Waals surface area contributed by atoms with E-state index < -0.39 is 82.4 Å². The van der Waals surface area contributed by atoms with Gasteiger partial charge in [-0.25, -0.2) is 0 Å². The van der Waals surface area contributed by atoms with Crippen LogP contribution in [0.4, 0.5) is 101 Å². The number of hydrogen-bond acceptors (Lipinski definition) is 3. The second-order valence-electron chi connectivity index (χ2n) is 9.52. The quantitative estimate of drug-likeness (QED) is 0.154. The highest BCUT2D eigenvalue weighted by Crippen LogP contribution is 2.54. The number of thiol groups is 1. The van der Waals surface area contributed by atoms with Crippen molar-refractivity contribution >= 4 is 36.2 Å². The van der Waals surface area contributed by atoms with E-state index in [1.807, 2.05) is 30.3 Å². The Labute approximate surface area is 328 Å². The molecule has 0 aromatic heterocycles. The summed E-state index contributed by atoms with van der Waals surface area (Å²) >= 11 is 3.10. The number of hydrogen-bond donors (Lipinski definition) is 1. The van der Waals surface area contributed by atoms with Gasteiger partial charge in [-0.3, -0.25) is 0 Å². The van der Waals surface area contributed by atoms with Gasteiger partial charge in [0.2, 0.25) is 11.5 Å². The van der Waals surface area contributed by atoms with E-state index in [4.69, 9.17) is 0 Å². The molecule has 0 unspecified atom stereocenters. The third-order valence-electron chi connectivity index (χ3n) is 5.21. The van der Waals surface area contributed by atoms with E-state index in [-0.39, 0.29) is 36.4 Å². The summed E-state index contributed by atoms with van der Waals surface area (Å²) < 4.78 is 275. The van der Waals surface area contributed by atoms with Crippen LogP contribution in [0.3, 0.4) is 0 Å². The molecule has 0 spiro atoms. The van der Waals surface area contributed by atoms with Crippen molar-refractivity contribution in [3.8, 4) is 0 Å². The second kappa shape index (κ2) is 23.4. The second-order valence-corrected chi connectivity index (χ2v) is 12.3. The van der Waals surface area contributed by atoms with Crippen LogP contribution in [0.25, 0.3) is 0 Å². The first-order valence-corrected chi connectivity index (χ1v) is 15.6. The van der Waals surface area contributed by atoms with Crippen molar-refractivity contribution in [1.29, 1.82) is 0 Å². The zero-order valence-electron chi connectivity index (χ0n) is 26.2. The number of halogens is 23. The van der Waals surface area contributed by atoms with E-state index in [1.165, 1.54) is 48.5 Å². The van der Waals surface area contributed by atoms with E-state index in [9.17, 15) is 101 Å². The van der Waals surface area contributed by atoms with Crippen molar-refractivity contribution in [2.75, 3.05) is 0 Å². The lowest BCUT2D eigenvalue weighted by Crippen LogP contribution is -2.47. The van der Waals surface area contributed by atoms with E-state index in [2.05, 4.69) is 12.6 Å². The maximum atomic E-state index is 13.3. The Morgan fingerprint density at radius 3 is 0.948 bits per heavy atom. The third-order valence-corrected chi connectivity index (χ3v) is 7.42. The van der Waals surface area contributed by atoms with Crippen LogP contribution in [0.5, 0.6) is 0 Å². The van der Waals surface area contributed by atoms with Crippen LogP contribution in [0.1, 0.15) is 14.9 Å². The van der Waals surface area contributed by atoms with Gasteiger partial charge in [-0.2, -0.15) is 101 Å². The van der Waals surface area contributed by atoms with E-state index in [0.29, 0.717) is 0 Å². The Kier molecular flexibility index (Phi) is 23.8. The molecule has 0 saturated heterocycles. The van der Waals surface area contributed by atoms with Crippen LogP contribution in [-0.4, -0.2) is 42.3 Å². The molecule has 332 valence electrons. The topological polar surface area (TPSA) is 0 Å². The molecule has 0 heterocycles. The van der Waals surface area contributed by atoms with E-state index >= 15 is 0 Å². The first kappa shape index (κ1) is 58.9. The normalized spacial score (nSPS) is 12.2. The summed E-state index contributed by atoms with van der Waals surface area (Å²) in [7, 11) is 0. The molecule has 0 fully saturated rings. The van der Waals surface area contributed by atoms with Gasteiger partial charge in [0.05, 0.1) is 0 Å². The molecule has 26 heteroatoms. The number of thioether (sulfide) groups is 2. The molecule has 0 N–H and O–H groups in total. The van der Waals surface area contributed by atoms with E-state index in [0.717, 1.165) is 17.0 Å². The summed E-state index contributed by atoms with van der Waals surface area (Å²) in [6, 6.07) is 22.3. The fraction of sp³-hybridized carbons (Fsp3) is 0.312. The zero-order chi connectivity index (χ0) is 44.1. The van der Waals surface area contributed by atoms with Gasteiger partial charge in [-0.1, -0.05) is 93.0 Å². The number of allylic oxidation sites excluding steroid dienone is 2. The van der Waals surface area contributed by atoms with Gasteiger partial charge >= 0.3 is 42.3 Å². The SMILES string of the molecule is C.C.FC(F)(F)C(C(F)(F)F)C(F)(F)Sc1ccccc1.FC(F)=C(C(F)(F)F)C(F)(F)F.FC(Sc1ccccc1)=C(C(F)(F)F)C(F)(F)F.Sc1ccccc1. The Hall–Kier alpha value is -3.42. The van der Waals surface area contributed by atoms with Crippen LogP contribution in [0.2, 0.25) is 0 Å². The molecule has 0 aliphatic rings. The maximum absolute atomic E-state index is 13.3. The van der Waals surface area contributed by atoms with Crippen LogP contribution in [0, 0.1) is 5.92 Å². The highest BCUT2D eigenvalue weighted by molar-refractivity contribution is 8.03. The van der Waals surface area contributed by atoms with Crippen molar-refractivity contribution in [2.45, 2.75) is 71.9 Å². The Morgan fingerprint density at radius 2 is 0.724 bits per heavy atom. The Morgan fingerprint density at radius 1 is 0.431 bits per heavy atom. The molecule has 3 rings (SSSR count). The monoisotopic (exact) mass is 942 g/mol. The number of alkyl halides is 20. The van der Waals surface area contributed by atoms with Crippen molar-refractivity contribution in [3.63, 3.8) is 0 Å². The molecule has 0 amide bonds. The van der Waals surface area contributed by atoms with Gasteiger partial charge < -0.3 is 0 Å². The maximum Gasteiger partial charge on any atom is 0.426 e. The van der Waals surface area contributed by atoms with Crippen molar-refractivity contribution in [3.05, 3.63) is 113 Å². The van der Waals surface area contributed by atoms with E-state index in [1.54, 1.807) is 0 Å². The van der Waals surface area contributed by atoms with Crippen LogP contribution in [-0.2, 0) is 0 Å².